The van der Waals surface area contributed by atoms with Crippen molar-refractivity contribution in [3.8, 4) is 0 Å². The molecule has 0 saturated heterocycles. The van der Waals surface area contributed by atoms with Crippen LogP contribution in [0.1, 0.15) is 49.4 Å². The number of hydrogen-bond donors (Lipinski definition) is 0. The van der Waals surface area contributed by atoms with Gasteiger partial charge in [-0.05, 0) is 19.9 Å². The topological polar surface area (TPSA) is 83.0 Å². The van der Waals surface area contributed by atoms with E-state index in [4.69, 9.17) is 9.26 Å². The molecule has 0 atom stereocenters. The van der Waals surface area contributed by atoms with Gasteiger partial charge in [-0.3, -0.25) is 4.68 Å². The molecule has 0 aliphatic carbocycles. The molecule has 0 unspecified atom stereocenters. The van der Waals surface area contributed by atoms with Crippen molar-refractivity contribution < 1.29 is 14.1 Å². The molecule has 0 N–H and O–H groups in total. The number of ether oxygens (including phenoxy) is 1. The number of carbonyl (C=O) groups is 1. The zero-order valence-corrected chi connectivity index (χ0v) is 14.4. The lowest BCUT2D eigenvalue weighted by molar-refractivity contribution is -0.139. The van der Waals surface area contributed by atoms with E-state index >= 15 is 0 Å². The van der Waals surface area contributed by atoms with Gasteiger partial charge in [-0.25, -0.2) is 4.79 Å². The van der Waals surface area contributed by atoms with Crippen LogP contribution >= 0.6 is 0 Å². The van der Waals surface area contributed by atoms with Gasteiger partial charge in [0.15, 0.2) is 12.4 Å². The third-order valence-corrected chi connectivity index (χ3v) is 3.43. The molecule has 0 bridgehead atoms. The van der Waals surface area contributed by atoms with Crippen molar-refractivity contribution in [1.82, 2.24) is 19.9 Å². The molecule has 7 nitrogen and oxygen atoms in total. The van der Waals surface area contributed by atoms with E-state index in [1.54, 1.807) is 10.8 Å². The van der Waals surface area contributed by atoms with Crippen LogP contribution in [0.5, 0.6) is 0 Å². The quantitative estimate of drug-likeness (QED) is 0.636. The fourth-order valence-electron chi connectivity index (χ4n) is 1.98. The van der Waals surface area contributed by atoms with E-state index in [9.17, 15) is 4.79 Å². The predicted octanol–water partition coefficient (Wildman–Crippen LogP) is 2.47. The molecule has 124 valence electrons. The minimum Gasteiger partial charge on any atom is -0.452 e. The SMILES string of the molecule is Cc1nn(C)c(C)c1C=CC(=O)OCc1nc(C(C)(C)C)no1. The lowest BCUT2D eigenvalue weighted by Gasteiger charge is -2.10. The molecule has 23 heavy (non-hydrogen) atoms. The molecule has 2 heterocycles. The van der Waals surface area contributed by atoms with Gasteiger partial charge in [0.1, 0.15) is 0 Å². The van der Waals surface area contributed by atoms with E-state index < -0.39 is 5.97 Å². The maximum absolute atomic E-state index is 11.8. The van der Waals surface area contributed by atoms with Crippen LogP contribution in [0.4, 0.5) is 0 Å². The highest BCUT2D eigenvalue weighted by atomic mass is 16.6. The van der Waals surface area contributed by atoms with Gasteiger partial charge >= 0.3 is 5.97 Å². The van der Waals surface area contributed by atoms with Crippen LogP contribution < -0.4 is 0 Å². The standard InChI is InChI=1S/C16H22N4O3/c1-10-12(11(2)20(6)18-10)7-8-14(21)22-9-13-17-15(19-23-13)16(3,4)5/h7-8H,9H2,1-6H3. The summed E-state index contributed by atoms with van der Waals surface area (Å²) in [4.78, 5) is 16.0. The van der Waals surface area contributed by atoms with Gasteiger partial charge in [-0.15, -0.1) is 0 Å². The van der Waals surface area contributed by atoms with Gasteiger partial charge in [0, 0.05) is 29.8 Å². The summed E-state index contributed by atoms with van der Waals surface area (Å²) in [5.41, 5.74) is 2.55. The van der Waals surface area contributed by atoms with Crippen molar-refractivity contribution in [2.45, 2.75) is 46.6 Å². The normalized spacial score (nSPS) is 12.1. The first kappa shape index (κ1) is 16.9. The van der Waals surface area contributed by atoms with E-state index in [1.165, 1.54) is 6.08 Å². The lowest BCUT2D eigenvalue weighted by atomic mass is 9.96. The Kier molecular flexibility index (Phi) is 4.68. The predicted molar refractivity (Wildman–Crippen MR) is 84.5 cm³/mol. The fourth-order valence-corrected chi connectivity index (χ4v) is 1.98. The average Bonchev–Trinajstić information content (AvgIpc) is 3.01. The summed E-state index contributed by atoms with van der Waals surface area (Å²) in [5, 5.41) is 8.17. The van der Waals surface area contributed by atoms with Crippen LogP contribution in [-0.4, -0.2) is 25.9 Å². The Morgan fingerprint density at radius 2 is 2.04 bits per heavy atom. The third-order valence-electron chi connectivity index (χ3n) is 3.43. The van der Waals surface area contributed by atoms with E-state index in [0.29, 0.717) is 5.82 Å². The highest BCUT2D eigenvalue weighted by Crippen LogP contribution is 2.18. The molecule has 2 rings (SSSR count). The number of carbonyl (C=O) groups excluding carboxylic acids is 1. The molecule has 7 heteroatoms. The van der Waals surface area contributed by atoms with Gasteiger partial charge in [-0.1, -0.05) is 25.9 Å². The second-order valence-electron chi connectivity index (χ2n) is 6.41. The summed E-state index contributed by atoms with van der Waals surface area (Å²) in [6.07, 6.45) is 3.08. The highest BCUT2D eigenvalue weighted by molar-refractivity contribution is 5.87. The van der Waals surface area contributed by atoms with Gasteiger partial charge in [0.05, 0.1) is 5.69 Å². The van der Waals surface area contributed by atoms with Gasteiger partial charge in [-0.2, -0.15) is 10.1 Å². The molecule has 0 fully saturated rings. The summed E-state index contributed by atoms with van der Waals surface area (Å²) in [6, 6.07) is 0. The third kappa shape index (κ3) is 4.06. The van der Waals surface area contributed by atoms with Crippen LogP contribution in [0.25, 0.3) is 6.08 Å². The van der Waals surface area contributed by atoms with Crippen LogP contribution in [0.2, 0.25) is 0 Å². The second kappa shape index (κ2) is 6.36. The minimum absolute atomic E-state index is 0.0444. The van der Waals surface area contributed by atoms with Crippen molar-refractivity contribution in [3.05, 3.63) is 34.7 Å². The molecular weight excluding hydrogens is 296 g/mol. The lowest BCUT2D eigenvalue weighted by Crippen LogP contribution is -2.13. The summed E-state index contributed by atoms with van der Waals surface area (Å²) in [7, 11) is 1.86. The first-order valence-electron chi connectivity index (χ1n) is 7.36. The molecule has 2 aromatic heterocycles. The summed E-state index contributed by atoms with van der Waals surface area (Å²) in [5.74, 6) is 0.397. The summed E-state index contributed by atoms with van der Waals surface area (Å²) >= 11 is 0. The Hall–Kier alpha value is -2.44. The van der Waals surface area contributed by atoms with Crippen molar-refractivity contribution >= 4 is 12.0 Å². The molecule has 0 aliphatic heterocycles. The van der Waals surface area contributed by atoms with E-state index in [2.05, 4.69) is 15.2 Å². The monoisotopic (exact) mass is 318 g/mol. The Bertz CT molecular complexity index is 735. The smallest absolute Gasteiger partial charge is 0.331 e. The van der Waals surface area contributed by atoms with Crippen LogP contribution in [0.3, 0.4) is 0 Å². The van der Waals surface area contributed by atoms with Gasteiger partial charge in [0.2, 0.25) is 0 Å². The van der Waals surface area contributed by atoms with Crippen LogP contribution in [0, 0.1) is 13.8 Å². The number of esters is 1. The average molecular weight is 318 g/mol. The number of aromatic nitrogens is 4. The number of hydrogen-bond acceptors (Lipinski definition) is 6. The van der Waals surface area contributed by atoms with Gasteiger partial charge in [0.25, 0.3) is 5.89 Å². The summed E-state index contributed by atoms with van der Waals surface area (Å²) < 4.78 is 12.0. The number of aryl methyl sites for hydroxylation is 2. The number of nitrogens with zero attached hydrogens (tertiary/aromatic N) is 4. The fraction of sp³-hybridized carbons (Fsp3) is 0.500. The molecule has 0 spiro atoms. The highest BCUT2D eigenvalue weighted by Gasteiger charge is 2.21. The first-order valence-corrected chi connectivity index (χ1v) is 7.36. The van der Waals surface area contributed by atoms with Crippen molar-refractivity contribution in [1.29, 1.82) is 0 Å². The molecule has 0 radical (unpaired) electrons. The van der Waals surface area contributed by atoms with E-state index in [-0.39, 0.29) is 17.9 Å². The maximum atomic E-state index is 11.8. The first-order chi connectivity index (χ1) is 10.7. The molecular formula is C16H22N4O3. The minimum atomic E-state index is -0.469. The Morgan fingerprint density at radius 1 is 1.35 bits per heavy atom. The van der Waals surface area contributed by atoms with Crippen molar-refractivity contribution in [2.24, 2.45) is 7.05 Å². The van der Waals surface area contributed by atoms with E-state index in [1.807, 2.05) is 41.7 Å². The van der Waals surface area contributed by atoms with Crippen molar-refractivity contribution in [3.63, 3.8) is 0 Å². The summed E-state index contributed by atoms with van der Waals surface area (Å²) in [6.45, 7) is 9.73. The van der Waals surface area contributed by atoms with Crippen LogP contribution in [-0.2, 0) is 28.6 Å². The zero-order valence-electron chi connectivity index (χ0n) is 14.4. The molecule has 0 saturated carbocycles. The number of rotatable bonds is 4. The van der Waals surface area contributed by atoms with Crippen LogP contribution in [0.15, 0.2) is 10.6 Å². The zero-order chi connectivity index (χ0) is 17.2. The molecule has 0 aromatic carbocycles. The maximum Gasteiger partial charge on any atom is 0.331 e. The molecule has 0 amide bonds. The largest absolute Gasteiger partial charge is 0.452 e. The Balaban J connectivity index is 1.95. The second-order valence-corrected chi connectivity index (χ2v) is 6.41. The Morgan fingerprint density at radius 3 is 2.57 bits per heavy atom. The molecule has 2 aromatic rings. The Labute approximate surface area is 135 Å². The van der Waals surface area contributed by atoms with Crippen molar-refractivity contribution in [2.75, 3.05) is 0 Å². The van der Waals surface area contributed by atoms with E-state index in [0.717, 1.165) is 17.0 Å². The molecule has 0 aliphatic rings. The van der Waals surface area contributed by atoms with Gasteiger partial charge < -0.3 is 9.26 Å².